The molecule has 11 heavy (non-hydrogen) atoms. The molecule has 0 fully saturated rings. The van der Waals surface area contributed by atoms with E-state index in [1.807, 2.05) is 7.05 Å². The van der Waals surface area contributed by atoms with E-state index in [0.29, 0.717) is 6.61 Å². The van der Waals surface area contributed by atoms with Crippen molar-refractivity contribution in [1.82, 2.24) is 5.32 Å². The van der Waals surface area contributed by atoms with Crippen LogP contribution in [-0.4, -0.2) is 20.2 Å². The van der Waals surface area contributed by atoms with E-state index in [1.165, 1.54) is 0 Å². The zero-order chi connectivity index (χ0) is 8.53. The molecule has 0 heterocycles. The van der Waals surface area contributed by atoms with Crippen molar-refractivity contribution >= 4 is 0 Å². The molecule has 0 aliphatic rings. The fraction of sp³-hybridized carbons (Fsp3) is 0.333. The lowest BCUT2D eigenvalue weighted by atomic mass is 10.4. The predicted octanol–water partition coefficient (Wildman–Crippen LogP) is 1.48. The van der Waals surface area contributed by atoms with Crippen LogP contribution in [0.3, 0.4) is 0 Å². The second-order valence-electron chi connectivity index (χ2n) is 1.96. The lowest BCUT2D eigenvalue weighted by molar-refractivity contribution is 0.227. The first-order valence-electron chi connectivity index (χ1n) is 3.57. The van der Waals surface area contributed by atoms with Crippen molar-refractivity contribution in [2.45, 2.75) is 0 Å². The highest BCUT2D eigenvalue weighted by Crippen LogP contribution is 1.97. The summed E-state index contributed by atoms with van der Waals surface area (Å²) in [5, 5.41) is 2.98. The Hall–Kier alpha value is -1.02. The fourth-order valence-corrected chi connectivity index (χ4v) is 0.562. The summed E-state index contributed by atoms with van der Waals surface area (Å²) in [6, 6.07) is 0. The lowest BCUT2D eigenvalue weighted by Gasteiger charge is -2.04. The molecule has 2 nitrogen and oxygen atoms in total. The largest absolute Gasteiger partial charge is 0.492 e. The summed E-state index contributed by atoms with van der Waals surface area (Å²) < 4.78 is 5.28. The Balaban J connectivity index is 3.60. The summed E-state index contributed by atoms with van der Waals surface area (Å²) in [5.41, 5.74) is 0. The van der Waals surface area contributed by atoms with E-state index >= 15 is 0 Å². The maximum Gasteiger partial charge on any atom is 0.118 e. The van der Waals surface area contributed by atoms with Gasteiger partial charge in [0.1, 0.15) is 12.4 Å². The van der Waals surface area contributed by atoms with Gasteiger partial charge >= 0.3 is 0 Å². The molecular formula is C9H15NO. The first-order chi connectivity index (χ1) is 5.35. The first kappa shape index (κ1) is 9.98. The van der Waals surface area contributed by atoms with Gasteiger partial charge in [0.2, 0.25) is 0 Å². The summed E-state index contributed by atoms with van der Waals surface area (Å²) in [6.45, 7) is 8.64. The van der Waals surface area contributed by atoms with Gasteiger partial charge in [-0.1, -0.05) is 19.2 Å². The zero-order valence-electron chi connectivity index (χ0n) is 6.97. The van der Waals surface area contributed by atoms with Crippen molar-refractivity contribution < 1.29 is 4.74 Å². The van der Waals surface area contributed by atoms with E-state index in [4.69, 9.17) is 4.74 Å². The lowest BCUT2D eigenvalue weighted by Crippen LogP contribution is -2.13. The van der Waals surface area contributed by atoms with Gasteiger partial charge in [-0.2, -0.15) is 0 Å². The van der Waals surface area contributed by atoms with Gasteiger partial charge in [-0.3, -0.25) is 0 Å². The van der Waals surface area contributed by atoms with Crippen molar-refractivity contribution in [3.63, 3.8) is 0 Å². The highest BCUT2D eigenvalue weighted by molar-refractivity contribution is 5.14. The number of rotatable bonds is 6. The first-order valence-corrected chi connectivity index (χ1v) is 3.57. The Labute approximate surface area is 68.3 Å². The molecule has 2 heteroatoms. The van der Waals surface area contributed by atoms with E-state index in [-0.39, 0.29) is 0 Å². The predicted molar refractivity (Wildman–Crippen MR) is 48.4 cm³/mol. The molecule has 0 spiro atoms. The minimum Gasteiger partial charge on any atom is -0.492 e. The van der Waals surface area contributed by atoms with E-state index in [1.54, 1.807) is 18.2 Å². The van der Waals surface area contributed by atoms with Crippen molar-refractivity contribution in [2.24, 2.45) is 0 Å². The Kier molecular flexibility index (Phi) is 6.43. The van der Waals surface area contributed by atoms with Crippen molar-refractivity contribution in [1.29, 1.82) is 0 Å². The molecule has 0 aromatic heterocycles. The van der Waals surface area contributed by atoms with Gasteiger partial charge < -0.3 is 10.1 Å². The molecule has 0 saturated heterocycles. The summed E-state index contributed by atoms with van der Waals surface area (Å²) in [4.78, 5) is 0. The highest BCUT2D eigenvalue weighted by atomic mass is 16.5. The summed E-state index contributed by atoms with van der Waals surface area (Å²) >= 11 is 0. The van der Waals surface area contributed by atoms with Gasteiger partial charge in [0.05, 0.1) is 0 Å². The second kappa shape index (κ2) is 7.09. The summed E-state index contributed by atoms with van der Waals surface area (Å²) in [6.07, 6.45) is 5.12. The van der Waals surface area contributed by atoms with E-state index in [2.05, 4.69) is 18.5 Å². The standard InChI is InChI=1S/C9H15NO/c1-4-6-9(5-2)11-8-7-10-3/h4-6,10H,1-2,7-8H2,3H3/b9-6+. The van der Waals surface area contributed by atoms with Crippen molar-refractivity contribution in [3.8, 4) is 0 Å². The van der Waals surface area contributed by atoms with Crippen LogP contribution in [0.15, 0.2) is 37.1 Å². The fourth-order valence-electron chi connectivity index (χ4n) is 0.562. The van der Waals surface area contributed by atoms with Crippen LogP contribution < -0.4 is 5.32 Å². The topological polar surface area (TPSA) is 21.3 Å². The van der Waals surface area contributed by atoms with Crippen LogP contribution in [0.25, 0.3) is 0 Å². The maximum atomic E-state index is 5.28. The van der Waals surface area contributed by atoms with Gasteiger partial charge in [-0.05, 0) is 19.2 Å². The van der Waals surface area contributed by atoms with Crippen molar-refractivity contribution in [3.05, 3.63) is 37.1 Å². The Morgan fingerprint density at radius 3 is 2.73 bits per heavy atom. The summed E-state index contributed by atoms with van der Waals surface area (Å²) in [5.74, 6) is 0.759. The van der Waals surface area contributed by atoms with Crippen LogP contribution in [0.4, 0.5) is 0 Å². The number of allylic oxidation sites excluding steroid dienone is 3. The van der Waals surface area contributed by atoms with Crippen LogP contribution in [0.1, 0.15) is 0 Å². The highest BCUT2D eigenvalue weighted by Gasteiger charge is 1.88. The van der Waals surface area contributed by atoms with E-state index in [9.17, 15) is 0 Å². The molecule has 0 aromatic rings. The molecule has 0 atom stereocenters. The van der Waals surface area contributed by atoms with E-state index < -0.39 is 0 Å². The molecule has 1 N–H and O–H groups in total. The minimum atomic E-state index is 0.655. The van der Waals surface area contributed by atoms with Crippen LogP contribution in [0.5, 0.6) is 0 Å². The monoisotopic (exact) mass is 153 g/mol. The number of likely N-dealkylation sites (N-methyl/N-ethyl adjacent to an activating group) is 1. The Morgan fingerprint density at radius 1 is 1.55 bits per heavy atom. The molecule has 0 amide bonds. The third-order valence-corrected chi connectivity index (χ3v) is 1.10. The van der Waals surface area contributed by atoms with Gasteiger partial charge in [-0.25, -0.2) is 0 Å². The average Bonchev–Trinajstić information content (AvgIpc) is 2.03. The quantitative estimate of drug-likeness (QED) is 0.354. The second-order valence-corrected chi connectivity index (χ2v) is 1.96. The van der Waals surface area contributed by atoms with Gasteiger partial charge in [-0.15, -0.1) is 0 Å². The number of nitrogens with one attached hydrogen (secondary N) is 1. The molecule has 0 aliphatic carbocycles. The number of ether oxygens (including phenoxy) is 1. The molecule has 0 saturated carbocycles. The third kappa shape index (κ3) is 5.43. The van der Waals surface area contributed by atoms with Crippen LogP contribution in [-0.2, 0) is 4.74 Å². The molecule has 0 aliphatic heterocycles. The molecule has 0 bridgehead atoms. The van der Waals surface area contributed by atoms with Crippen LogP contribution >= 0.6 is 0 Å². The van der Waals surface area contributed by atoms with Crippen LogP contribution in [0, 0.1) is 0 Å². The van der Waals surface area contributed by atoms with Gasteiger partial charge in [0.25, 0.3) is 0 Å². The minimum absolute atomic E-state index is 0.655. The number of hydrogen-bond acceptors (Lipinski definition) is 2. The van der Waals surface area contributed by atoms with E-state index in [0.717, 1.165) is 12.3 Å². The maximum absolute atomic E-state index is 5.28. The number of hydrogen-bond donors (Lipinski definition) is 1. The Morgan fingerprint density at radius 2 is 2.27 bits per heavy atom. The molecule has 0 radical (unpaired) electrons. The smallest absolute Gasteiger partial charge is 0.118 e. The third-order valence-electron chi connectivity index (χ3n) is 1.10. The van der Waals surface area contributed by atoms with Gasteiger partial charge in [0, 0.05) is 6.54 Å². The van der Waals surface area contributed by atoms with Crippen molar-refractivity contribution in [2.75, 3.05) is 20.2 Å². The molecule has 0 rings (SSSR count). The molecular weight excluding hydrogens is 138 g/mol. The zero-order valence-corrected chi connectivity index (χ0v) is 6.97. The Bertz CT molecular complexity index is 150. The summed E-state index contributed by atoms with van der Waals surface area (Å²) in [7, 11) is 1.88. The molecule has 0 aromatic carbocycles. The SMILES string of the molecule is C=C/C=C(\C=C)OCCNC. The normalized spacial score (nSPS) is 10.8. The van der Waals surface area contributed by atoms with Crippen LogP contribution in [0.2, 0.25) is 0 Å². The van der Waals surface area contributed by atoms with Gasteiger partial charge in [0.15, 0.2) is 0 Å². The molecule has 0 unspecified atom stereocenters. The average molecular weight is 153 g/mol. The molecule has 62 valence electrons.